The van der Waals surface area contributed by atoms with Crippen molar-refractivity contribution in [2.45, 2.75) is 12.8 Å². The number of methoxy groups -OCH3 is 1. The molecule has 0 radical (unpaired) electrons. The van der Waals surface area contributed by atoms with Gasteiger partial charge in [-0.25, -0.2) is 0 Å². The summed E-state index contributed by atoms with van der Waals surface area (Å²) in [4.78, 5) is 14.3. The Kier molecular flexibility index (Phi) is 4.93. The summed E-state index contributed by atoms with van der Waals surface area (Å²) in [5.74, 6) is 0.584. The zero-order valence-corrected chi connectivity index (χ0v) is 9.68. The SMILES string of the molecule is C=CCCCNc1nc(OC)ccc1[N+](=O)[O-]. The number of allylic oxidation sites excluding steroid dienone is 1. The zero-order valence-electron chi connectivity index (χ0n) is 9.68. The molecule has 0 saturated heterocycles. The van der Waals surface area contributed by atoms with E-state index in [0.29, 0.717) is 12.4 Å². The van der Waals surface area contributed by atoms with Crippen molar-refractivity contribution in [3.8, 4) is 5.88 Å². The first-order valence-electron chi connectivity index (χ1n) is 5.23. The number of hydrogen-bond acceptors (Lipinski definition) is 5. The van der Waals surface area contributed by atoms with Gasteiger partial charge in [0.1, 0.15) is 0 Å². The van der Waals surface area contributed by atoms with Gasteiger partial charge in [0, 0.05) is 18.7 Å². The molecule has 0 unspecified atom stereocenters. The molecule has 0 aliphatic carbocycles. The molecule has 1 heterocycles. The van der Waals surface area contributed by atoms with E-state index in [1.807, 2.05) is 0 Å². The third-order valence-corrected chi connectivity index (χ3v) is 2.13. The fourth-order valence-electron chi connectivity index (χ4n) is 1.28. The van der Waals surface area contributed by atoms with E-state index in [9.17, 15) is 10.1 Å². The summed E-state index contributed by atoms with van der Waals surface area (Å²) in [5.41, 5.74) is -0.0515. The Balaban J connectivity index is 2.78. The van der Waals surface area contributed by atoms with Crippen LogP contribution in [0.2, 0.25) is 0 Å². The van der Waals surface area contributed by atoms with Crippen molar-refractivity contribution in [2.24, 2.45) is 0 Å². The van der Waals surface area contributed by atoms with Gasteiger partial charge in [0.05, 0.1) is 12.0 Å². The number of hydrogen-bond donors (Lipinski definition) is 1. The van der Waals surface area contributed by atoms with Gasteiger partial charge in [0.2, 0.25) is 11.7 Å². The molecule has 1 aromatic rings. The van der Waals surface area contributed by atoms with Gasteiger partial charge in [0.15, 0.2) is 0 Å². The zero-order chi connectivity index (χ0) is 12.7. The lowest BCUT2D eigenvalue weighted by Gasteiger charge is -2.06. The second-order valence-corrected chi connectivity index (χ2v) is 3.34. The van der Waals surface area contributed by atoms with Crippen LogP contribution in [-0.4, -0.2) is 23.6 Å². The van der Waals surface area contributed by atoms with E-state index in [1.54, 1.807) is 6.08 Å². The average molecular weight is 237 g/mol. The molecule has 1 rings (SSSR count). The number of nitrogens with zero attached hydrogens (tertiary/aromatic N) is 2. The number of unbranched alkanes of at least 4 members (excludes halogenated alkanes) is 1. The van der Waals surface area contributed by atoms with Crippen LogP contribution in [0.15, 0.2) is 24.8 Å². The lowest BCUT2D eigenvalue weighted by atomic mass is 10.3. The van der Waals surface area contributed by atoms with Gasteiger partial charge in [-0.2, -0.15) is 4.98 Å². The number of aromatic nitrogens is 1. The highest BCUT2D eigenvalue weighted by atomic mass is 16.6. The number of rotatable bonds is 7. The van der Waals surface area contributed by atoms with E-state index in [0.717, 1.165) is 12.8 Å². The Bertz CT molecular complexity index is 407. The number of pyridine rings is 1. The topological polar surface area (TPSA) is 77.3 Å². The van der Waals surface area contributed by atoms with Gasteiger partial charge in [-0.05, 0) is 12.8 Å². The number of ether oxygens (including phenoxy) is 1. The second kappa shape index (κ2) is 6.47. The molecule has 17 heavy (non-hydrogen) atoms. The van der Waals surface area contributed by atoms with Crippen LogP contribution in [-0.2, 0) is 0 Å². The minimum atomic E-state index is -0.470. The molecule has 0 aliphatic rings. The Morgan fingerprint density at radius 1 is 1.65 bits per heavy atom. The Morgan fingerprint density at radius 3 is 3.00 bits per heavy atom. The molecule has 6 heteroatoms. The van der Waals surface area contributed by atoms with Gasteiger partial charge in [-0.1, -0.05) is 6.08 Å². The highest BCUT2D eigenvalue weighted by Crippen LogP contribution is 2.24. The van der Waals surface area contributed by atoms with Crippen molar-refractivity contribution < 1.29 is 9.66 Å². The monoisotopic (exact) mass is 237 g/mol. The summed E-state index contributed by atoms with van der Waals surface area (Å²) < 4.78 is 4.93. The molecular formula is C11H15N3O3. The van der Waals surface area contributed by atoms with Crippen molar-refractivity contribution in [1.82, 2.24) is 4.98 Å². The normalized spacial score (nSPS) is 9.71. The van der Waals surface area contributed by atoms with Gasteiger partial charge in [-0.15, -0.1) is 6.58 Å². The van der Waals surface area contributed by atoms with E-state index >= 15 is 0 Å². The predicted molar refractivity (Wildman–Crippen MR) is 65.4 cm³/mol. The third kappa shape index (κ3) is 3.75. The van der Waals surface area contributed by atoms with E-state index in [4.69, 9.17) is 4.74 Å². The van der Waals surface area contributed by atoms with Crippen LogP contribution in [0.5, 0.6) is 5.88 Å². The number of anilines is 1. The summed E-state index contributed by atoms with van der Waals surface area (Å²) in [6, 6.07) is 2.84. The highest BCUT2D eigenvalue weighted by molar-refractivity contribution is 5.56. The minimum Gasteiger partial charge on any atom is -0.481 e. The van der Waals surface area contributed by atoms with Crippen LogP contribution in [0.1, 0.15) is 12.8 Å². The molecule has 0 amide bonds. The van der Waals surface area contributed by atoms with Crippen LogP contribution in [0, 0.1) is 10.1 Å². The maximum absolute atomic E-state index is 10.8. The Morgan fingerprint density at radius 2 is 2.41 bits per heavy atom. The summed E-state index contributed by atoms with van der Waals surface area (Å²) in [5, 5.41) is 13.7. The Hall–Kier alpha value is -2.11. The summed E-state index contributed by atoms with van der Waals surface area (Å²) in [7, 11) is 1.47. The van der Waals surface area contributed by atoms with E-state index < -0.39 is 4.92 Å². The standard InChI is InChI=1S/C11H15N3O3/c1-3-4-5-8-12-11-9(14(15)16)6-7-10(13-11)17-2/h3,6-7H,1,4-5,8H2,2H3,(H,12,13). The van der Waals surface area contributed by atoms with Crippen LogP contribution in [0.3, 0.4) is 0 Å². The first-order chi connectivity index (χ1) is 8.19. The molecule has 0 aliphatic heterocycles. The van der Waals surface area contributed by atoms with E-state index in [1.165, 1.54) is 19.2 Å². The van der Waals surface area contributed by atoms with Crippen LogP contribution >= 0.6 is 0 Å². The number of nitrogens with one attached hydrogen (secondary N) is 1. The van der Waals surface area contributed by atoms with E-state index in [2.05, 4.69) is 16.9 Å². The fourth-order valence-corrected chi connectivity index (χ4v) is 1.28. The average Bonchev–Trinajstić information content (AvgIpc) is 2.34. The summed E-state index contributed by atoms with van der Waals surface area (Å²) >= 11 is 0. The highest BCUT2D eigenvalue weighted by Gasteiger charge is 2.15. The molecular weight excluding hydrogens is 222 g/mol. The van der Waals surface area contributed by atoms with Crippen LogP contribution in [0.4, 0.5) is 11.5 Å². The number of nitro groups is 1. The van der Waals surface area contributed by atoms with Gasteiger partial charge >= 0.3 is 5.69 Å². The van der Waals surface area contributed by atoms with Gasteiger partial charge in [-0.3, -0.25) is 10.1 Å². The molecule has 0 saturated carbocycles. The lowest BCUT2D eigenvalue weighted by molar-refractivity contribution is -0.384. The van der Waals surface area contributed by atoms with E-state index in [-0.39, 0.29) is 11.5 Å². The Labute approximate surface area is 99.5 Å². The van der Waals surface area contributed by atoms with Crippen molar-refractivity contribution in [1.29, 1.82) is 0 Å². The predicted octanol–water partition coefficient (Wildman–Crippen LogP) is 2.38. The minimum absolute atomic E-state index is 0.0515. The third-order valence-electron chi connectivity index (χ3n) is 2.13. The van der Waals surface area contributed by atoms with Crippen molar-refractivity contribution >= 4 is 11.5 Å². The second-order valence-electron chi connectivity index (χ2n) is 3.34. The fraction of sp³-hybridized carbons (Fsp3) is 0.364. The molecule has 0 spiro atoms. The molecule has 1 N–H and O–H groups in total. The van der Waals surface area contributed by atoms with Crippen molar-refractivity contribution in [3.63, 3.8) is 0 Å². The molecule has 92 valence electrons. The van der Waals surface area contributed by atoms with Crippen LogP contribution < -0.4 is 10.1 Å². The smallest absolute Gasteiger partial charge is 0.311 e. The van der Waals surface area contributed by atoms with Gasteiger partial charge in [0.25, 0.3) is 0 Å². The quantitative estimate of drug-likeness (QED) is 0.341. The summed E-state index contributed by atoms with van der Waals surface area (Å²) in [6.07, 6.45) is 3.50. The van der Waals surface area contributed by atoms with Gasteiger partial charge < -0.3 is 10.1 Å². The molecule has 0 atom stereocenters. The summed E-state index contributed by atoms with van der Waals surface area (Å²) in [6.45, 7) is 4.21. The molecule has 0 bridgehead atoms. The molecule has 6 nitrogen and oxygen atoms in total. The molecule has 0 fully saturated rings. The van der Waals surface area contributed by atoms with Crippen molar-refractivity contribution in [3.05, 3.63) is 34.9 Å². The lowest BCUT2D eigenvalue weighted by Crippen LogP contribution is -2.06. The van der Waals surface area contributed by atoms with Crippen LogP contribution in [0.25, 0.3) is 0 Å². The maximum atomic E-state index is 10.8. The molecule has 1 aromatic heterocycles. The van der Waals surface area contributed by atoms with Crippen molar-refractivity contribution in [2.75, 3.05) is 19.0 Å². The first-order valence-corrected chi connectivity index (χ1v) is 5.23. The molecule has 0 aromatic carbocycles. The largest absolute Gasteiger partial charge is 0.481 e. The first kappa shape index (κ1) is 13.0. The maximum Gasteiger partial charge on any atom is 0.311 e.